The van der Waals surface area contributed by atoms with E-state index in [2.05, 4.69) is 20.8 Å². The monoisotopic (exact) mass is 362 g/mol. The average molecular weight is 363 g/mol. The third kappa shape index (κ3) is 2.98. The van der Waals surface area contributed by atoms with Crippen molar-refractivity contribution in [3.05, 3.63) is 0 Å². The summed E-state index contributed by atoms with van der Waals surface area (Å²) in [6.07, 6.45) is 13.9. The van der Waals surface area contributed by atoms with E-state index in [4.69, 9.17) is 0 Å². The van der Waals surface area contributed by atoms with Crippen LogP contribution in [0.25, 0.3) is 0 Å². The van der Waals surface area contributed by atoms with Crippen LogP contribution in [-0.2, 0) is 0 Å². The van der Waals surface area contributed by atoms with Crippen LogP contribution in [0.3, 0.4) is 0 Å². The number of rotatable bonds is 4. The Morgan fingerprint density at radius 3 is 2.46 bits per heavy atom. The summed E-state index contributed by atoms with van der Waals surface area (Å²) in [7, 11) is 0. The first-order valence-electron chi connectivity index (χ1n) is 11.7. The quantitative estimate of drug-likeness (QED) is 0.701. The molecule has 0 spiro atoms. The van der Waals surface area contributed by atoms with Crippen LogP contribution in [0.1, 0.15) is 91.4 Å². The van der Waals surface area contributed by atoms with Crippen molar-refractivity contribution in [3.63, 3.8) is 0 Å². The van der Waals surface area contributed by atoms with Gasteiger partial charge in [0, 0.05) is 6.61 Å². The van der Waals surface area contributed by atoms with Crippen LogP contribution in [0.2, 0.25) is 0 Å². The van der Waals surface area contributed by atoms with Gasteiger partial charge in [0.2, 0.25) is 0 Å². The zero-order valence-corrected chi connectivity index (χ0v) is 17.4. The molecule has 0 saturated heterocycles. The lowest BCUT2D eigenvalue weighted by molar-refractivity contribution is -0.111. The Hall–Kier alpha value is -0.0800. The SMILES string of the molecule is CCC[C@@]1(O)CC[C@H]2[C@H](CC[C@@H]3[C@@H]2CC[C@]2(C)C(C(C)CO)CC[C@@H]32)C1. The second kappa shape index (κ2) is 7.07. The van der Waals surface area contributed by atoms with Gasteiger partial charge in [-0.15, -0.1) is 0 Å². The zero-order chi connectivity index (χ0) is 18.5. The summed E-state index contributed by atoms with van der Waals surface area (Å²) in [5.74, 6) is 5.65. The van der Waals surface area contributed by atoms with Gasteiger partial charge in [-0.05, 0) is 111 Å². The summed E-state index contributed by atoms with van der Waals surface area (Å²) in [6, 6.07) is 0. The first-order valence-corrected chi connectivity index (χ1v) is 11.7. The molecule has 0 amide bonds. The van der Waals surface area contributed by atoms with Crippen LogP contribution in [0, 0.1) is 46.8 Å². The summed E-state index contributed by atoms with van der Waals surface area (Å²) >= 11 is 0. The van der Waals surface area contributed by atoms with Gasteiger partial charge in [-0.3, -0.25) is 0 Å². The van der Waals surface area contributed by atoms with Crippen molar-refractivity contribution in [3.8, 4) is 0 Å². The summed E-state index contributed by atoms with van der Waals surface area (Å²) in [4.78, 5) is 0. The fourth-order valence-electron chi connectivity index (χ4n) is 8.76. The number of fused-ring (bicyclic) bond motifs is 5. The first-order chi connectivity index (χ1) is 12.4. The largest absolute Gasteiger partial charge is 0.396 e. The lowest BCUT2D eigenvalue weighted by atomic mass is 9.48. The highest BCUT2D eigenvalue weighted by atomic mass is 16.3. The van der Waals surface area contributed by atoms with Crippen molar-refractivity contribution >= 4 is 0 Å². The number of aliphatic hydroxyl groups is 2. The summed E-state index contributed by atoms with van der Waals surface area (Å²) < 4.78 is 0. The molecule has 0 aromatic rings. The molecule has 4 saturated carbocycles. The van der Waals surface area contributed by atoms with E-state index < -0.39 is 0 Å². The van der Waals surface area contributed by atoms with Gasteiger partial charge in [-0.2, -0.15) is 0 Å². The van der Waals surface area contributed by atoms with Gasteiger partial charge < -0.3 is 10.2 Å². The zero-order valence-electron chi connectivity index (χ0n) is 17.4. The molecule has 0 aromatic carbocycles. The highest BCUT2D eigenvalue weighted by Gasteiger charge is 2.58. The molecular weight excluding hydrogens is 320 g/mol. The first kappa shape index (κ1) is 19.2. The van der Waals surface area contributed by atoms with Crippen molar-refractivity contribution in [2.45, 2.75) is 97.0 Å². The lowest BCUT2D eigenvalue weighted by Crippen LogP contribution is -2.51. The normalized spacial score (nSPS) is 52.0. The molecule has 0 heterocycles. The Morgan fingerprint density at radius 2 is 1.73 bits per heavy atom. The van der Waals surface area contributed by atoms with Gasteiger partial charge in [0.05, 0.1) is 5.60 Å². The molecule has 0 aromatic heterocycles. The Balaban J connectivity index is 1.49. The predicted octanol–water partition coefficient (Wildman–Crippen LogP) is 5.41. The van der Waals surface area contributed by atoms with E-state index in [1.807, 2.05) is 0 Å². The maximum Gasteiger partial charge on any atom is 0.0650 e. The average Bonchev–Trinajstić information content (AvgIpc) is 2.98. The second-order valence-corrected chi connectivity index (χ2v) is 11.0. The summed E-state index contributed by atoms with van der Waals surface area (Å²) in [5, 5.41) is 20.8. The van der Waals surface area contributed by atoms with E-state index in [9.17, 15) is 10.2 Å². The minimum atomic E-state index is -0.346. The fraction of sp³-hybridized carbons (Fsp3) is 1.00. The van der Waals surface area contributed by atoms with E-state index in [0.29, 0.717) is 17.9 Å². The lowest BCUT2D eigenvalue weighted by Gasteiger charge is -2.57. The van der Waals surface area contributed by atoms with Gasteiger partial charge in [0.25, 0.3) is 0 Å². The molecule has 4 fully saturated rings. The summed E-state index contributed by atoms with van der Waals surface area (Å²) in [6.45, 7) is 7.43. The van der Waals surface area contributed by atoms with Crippen molar-refractivity contribution in [1.82, 2.24) is 0 Å². The van der Waals surface area contributed by atoms with Crippen molar-refractivity contribution in [1.29, 1.82) is 0 Å². The molecule has 0 radical (unpaired) electrons. The van der Waals surface area contributed by atoms with Crippen molar-refractivity contribution < 1.29 is 10.2 Å². The summed E-state index contributed by atoms with van der Waals surface area (Å²) in [5.41, 5.74) is 0.134. The Bertz CT molecular complexity index is 504. The minimum absolute atomic E-state index is 0.346. The van der Waals surface area contributed by atoms with E-state index in [-0.39, 0.29) is 5.60 Å². The topological polar surface area (TPSA) is 40.5 Å². The van der Waals surface area contributed by atoms with Crippen molar-refractivity contribution in [2.24, 2.45) is 46.8 Å². The third-order valence-corrected chi connectivity index (χ3v) is 9.87. The van der Waals surface area contributed by atoms with Gasteiger partial charge in [0.15, 0.2) is 0 Å². The third-order valence-electron chi connectivity index (χ3n) is 9.87. The molecule has 150 valence electrons. The van der Waals surface area contributed by atoms with Crippen LogP contribution < -0.4 is 0 Å². The van der Waals surface area contributed by atoms with Crippen LogP contribution >= 0.6 is 0 Å². The Labute approximate surface area is 161 Å². The van der Waals surface area contributed by atoms with Crippen LogP contribution in [0.5, 0.6) is 0 Å². The van der Waals surface area contributed by atoms with E-state index >= 15 is 0 Å². The maximum atomic E-state index is 11.0. The standard InChI is InChI=1S/C24H42O2/c1-4-11-24(26)13-10-18-17(14-24)5-6-20-19(18)9-12-23(3)21(16(2)15-25)7-8-22(20)23/h16-22,25-26H,4-15H2,1-3H3/t16?,17-,18+,19-,20-,21?,22+,23-,24-/m1/s1. The molecule has 26 heavy (non-hydrogen) atoms. The number of aliphatic hydroxyl groups excluding tert-OH is 1. The minimum Gasteiger partial charge on any atom is -0.396 e. The molecule has 2 heteroatoms. The van der Waals surface area contributed by atoms with E-state index in [1.54, 1.807) is 0 Å². The molecular formula is C24H42O2. The number of hydrogen-bond donors (Lipinski definition) is 2. The molecule has 2 N–H and O–H groups in total. The van der Waals surface area contributed by atoms with Crippen LogP contribution in [-0.4, -0.2) is 22.4 Å². The van der Waals surface area contributed by atoms with Crippen LogP contribution in [0.4, 0.5) is 0 Å². The van der Waals surface area contributed by atoms with Crippen LogP contribution in [0.15, 0.2) is 0 Å². The molecule has 0 aliphatic heterocycles. The van der Waals surface area contributed by atoms with Crippen molar-refractivity contribution in [2.75, 3.05) is 6.61 Å². The molecule has 4 rings (SSSR count). The van der Waals surface area contributed by atoms with E-state index in [1.165, 1.54) is 44.9 Å². The van der Waals surface area contributed by atoms with E-state index in [0.717, 1.165) is 61.2 Å². The maximum absolute atomic E-state index is 11.0. The second-order valence-electron chi connectivity index (χ2n) is 11.0. The number of hydrogen-bond acceptors (Lipinski definition) is 2. The molecule has 2 nitrogen and oxygen atoms in total. The Morgan fingerprint density at radius 1 is 0.962 bits per heavy atom. The highest BCUT2D eigenvalue weighted by molar-refractivity contribution is 5.07. The van der Waals surface area contributed by atoms with Gasteiger partial charge in [-0.25, -0.2) is 0 Å². The van der Waals surface area contributed by atoms with Gasteiger partial charge in [-0.1, -0.05) is 27.2 Å². The Kier molecular flexibility index (Phi) is 5.23. The smallest absolute Gasteiger partial charge is 0.0650 e. The molecule has 0 bridgehead atoms. The predicted molar refractivity (Wildman–Crippen MR) is 107 cm³/mol. The molecule has 4 aliphatic rings. The molecule has 4 aliphatic carbocycles. The fourth-order valence-corrected chi connectivity index (χ4v) is 8.76. The highest BCUT2D eigenvalue weighted by Crippen LogP contribution is 2.65. The molecule has 2 unspecified atom stereocenters. The molecule has 9 atom stereocenters. The van der Waals surface area contributed by atoms with Gasteiger partial charge >= 0.3 is 0 Å². The van der Waals surface area contributed by atoms with Gasteiger partial charge in [0.1, 0.15) is 0 Å².